The molecular weight excluding hydrogens is 212 g/mol. The average Bonchev–Trinajstić information content (AvgIpc) is 2.73. The summed E-state index contributed by atoms with van der Waals surface area (Å²) in [6, 6.07) is 13.5. The summed E-state index contributed by atoms with van der Waals surface area (Å²) in [5.41, 5.74) is 4.17. The molecule has 3 rings (SSSR count). The van der Waals surface area contributed by atoms with Crippen LogP contribution in [-0.2, 0) is 0 Å². The third kappa shape index (κ3) is 1.43. The van der Waals surface area contributed by atoms with Crippen LogP contribution in [0.2, 0.25) is 0 Å². The third-order valence-corrected chi connectivity index (χ3v) is 4.07. The number of fused-ring (bicyclic) bond motifs is 3. The normalized spacial score (nSPS) is 11.7. The van der Waals surface area contributed by atoms with Crippen molar-refractivity contribution in [3.63, 3.8) is 0 Å². The molecule has 16 heavy (non-hydrogen) atoms. The van der Waals surface area contributed by atoms with Crippen LogP contribution in [0.1, 0.15) is 25.3 Å². The van der Waals surface area contributed by atoms with E-state index < -0.39 is 0 Å². The molecule has 1 aromatic rings. The first kappa shape index (κ1) is 9.86. The Morgan fingerprint density at radius 2 is 1.94 bits per heavy atom. The van der Waals surface area contributed by atoms with E-state index in [9.17, 15) is 0 Å². The van der Waals surface area contributed by atoms with E-state index in [1.54, 1.807) is 0 Å². The molecule has 2 aliphatic rings. The van der Waals surface area contributed by atoms with Crippen molar-refractivity contribution in [1.82, 2.24) is 0 Å². The summed E-state index contributed by atoms with van der Waals surface area (Å²) in [6.07, 6.45) is 0. The first-order valence-electron chi connectivity index (χ1n) is 5.65. The Morgan fingerprint density at radius 1 is 1.06 bits per heavy atom. The van der Waals surface area contributed by atoms with Crippen LogP contribution in [0.4, 0.5) is 0 Å². The summed E-state index contributed by atoms with van der Waals surface area (Å²) in [4.78, 5) is 0. The van der Waals surface area contributed by atoms with Gasteiger partial charge in [0.1, 0.15) is 0 Å². The van der Waals surface area contributed by atoms with E-state index in [1.807, 2.05) is 11.3 Å². The standard InChI is InChI=1S/C15H14S/c1-10(2)11-4-3-5-14-13(8-11)9-12-6-7-16-15(12)14/h3-10H,1-2H3. The highest BCUT2D eigenvalue weighted by atomic mass is 32.1. The largest absolute Gasteiger partial charge is 0.143 e. The molecule has 2 aliphatic carbocycles. The van der Waals surface area contributed by atoms with Crippen molar-refractivity contribution >= 4 is 21.4 Å². The van der Waals surface area contributed by atoms with E-state index in [1.165, 1.54) is 26.8 Å². The van der Waals surface area contributed by atoms with E-state index in [2.05, 4.69) is 55.6 Å². The van der Waals surface area contributed by atoms with Crippen LogP contribution < -0.4 is 0 Å². The van der Waals surface area contributed by atoms with Gasteiger partial charge in [0.15, 0.2) is 0 Å². The van der Waals surface area contributed by atoms with Crippen molar-refractivity contribution in [3.8, 4) is 11.1 Å². The molecule has 0 unspecified atom stereocenters. The molecule has 0 atom stereocenters. The lowest BCUT2D eigenvalue weighted by Crippen LogP contribution is -1.82. The molecule has 0 aliphatic heterocycles. The number of thiophene rings is 1. The molecule has 0 N–H and O–H groups in total. The van der Waals surface area contributed by atoms with Gasteiger partial charge in [0.2, 0.25) is 0 Å². The minimum absolute atomic E-state index is 0.587. The molecule has 0 saturated heterocycles. The molecule has 0 bridgehead atoms. The van der Waals surface area contributed by atoms with E-state index in [-0.39, 0.29) is 0 Å². The van der Waals surface area contributed by atoms with E-state index in [0.29, 0.717) is 5.92 Å². The Morgan fingerprint density at radius 3 is 2.75 bits per heavy atom. The summed E-state index contributed by atoms with van der Waals surface area (Å²) >= 11 is 1.83. The second-order valence-corrected chi connectivity index (χ2v) is 5.46. The number of hydrogen-bond donors (Lipinski definition) is 0. The molecule has 0 nitrogen and oxygen atoms in total. The maximum absolute atomic E-state index is 2.33. The first-order chi connectivity index (χ1) is 7.75. The van der Waals surface area contributed by atoms with Crippen LogP contribution in [0.25, 0.3) is 21.2 Å². The number of rotatable bonds is 1. The molecule has 0 radical (unpaired) electrons. The molecule has 1 heterocycles. The highest BCUT2D eigenvalue weighted by Crippen LogP contribution is 2.37. The Hall–Kier alpha value is -1.34. The molecule has 1 aromatic heterocycles. The summed E-state index contributed by atoms with van der Waals surface area (Å²) in [7, 11) is 0. The Balaban J connectivity index is 2.33. The van der Waals surface area contributed by atoms with Crippen LogP contribution in [-0.4, -0.2) is 0 Å². The zero-order valence-corrected chi connectivity index (χ0v) is 10.3. The monoisotopic (exact) mass is 226 g/mol. The lowest BCUT2D eigenvalue weighted by molar-refractivity contribution is 0.869. The molecule has 80 valence electrons. The minimum Gasteiger partial charge on any atom is -0.143 e. The molecule has 0 fully saturated rings. The maximum atomic E-state index is 2.33. The molecule has 0 spiro atoms. The first-order valence-corrected chi connectivity index (χ1v) is 6.53. The Kier molecular flexibility index (Phi) is 2.22. The fourth-order valence-corrected chi connectivity index (χ4v) is 3.09. The van der Waals surface area contributed by atoms with Crippen LogP contribution >= 0.6 is 11.3 Å². The van der Waals surface area contributed by atoms with E-state index in [4.69, 9.17) is 0 Å². The summed E-state index contributed by atoms with van der Waals surface area (Å²) < 4.78 is 1.42. The second kappa shape index (κ2) is 3.60. The van der Waals surface area contributed by atoms with Crippen molar-refractivity contribution in [2.24, 2.45) is 0 Å². The zero-order valence-electron chi connectivity index (χ0n) is 9.53. The molecule has 0 saturated carbocycles. The van der Waals surface area contributed by atoms with Crippen molar-refractivity contribution in [1.29, 1.82) is 0 Å². The van der Waals surface area contributed by atoms with Crippen LogP contribution in [0.15, 0.2) is 41.8 Å². The number of hydrogen-bond acceptors (Lipinski definition) is 1. The molecule has 0 amide bonds. The van der Waals surface area contributed by atoms with Gasteiger partial charge in [-0.3, -0.25) is 0 Å². The van der Waals surface area contributed by atoms with Crippen LogP contribution in [0.5, 0.6) is 0 Å². The van der Waals surface area contributed by atoms with Crippen molar-refractivity contribution in [2.75, 3.05) is 0 Å². The maximum Gasteiger partial charge on any atom is 0.0421 e. The second-order valence-electron chi connectivity index (χ2n) is 4.54. The minimum atomic E-state index is 0.587. The summed E-state index contributed by atoms with van der Waals surface area (Å²) in [5, 5.41) is 3.54. The lowest BCUT2D eigenvalue weighted by Gasteiger charge is -2.01. The quantitative estimate of drug-likeness (QED) is 0.539. The third-order valence-electron chi connectivity index (χ3n) is 3.10. The van der Waals surface area contributed by atoms with Gasteiger partial charge in [0.25, 0.3) is 0 Å². The predicted octanol–water partition coefficient (Wildman–Crippen LogP) is 5.13. The fraction of sp³-hybridized carbons (Fsp3) is 0.200. The van der Waals surface area contributed by atoms with Crippen molar-refractivity contribution in [3.05, 3.63) is 47.3 Å². The van der Waals surface area contributed by atoms with Gasteiger partial charge in [-0.2, -0.15) is 0 Å². The van der Waals surface area contributed by atoms with Gasteiger partial charge in [-0.25, -0.2) is 0 Å². The van der Waals surface area contributed by atoms with Crippen molar-refractivity contribution in [2.45, 2.75) is 19.8 Å². The fourth-order valence-electron chi connectivity index (χ4n) is 2.16. The smallest absolute Gasteiger partial charge is 0.0421 e. The predicted molar refractivity (Wildman–Crippen MR) is 72.5 cm³/mol. The Bertz CT molecular complexity index is 604. The van der Waals surface area contributed by atoms with Gasteiger partial charge >= 0.3 is 0 Å². The van der Waals surface area contributed by atoms with Crippen LogP contribution in [0.3, 0.4) is 0 Å². The zero-order chi connectivity index (χ0) is 11.1. The lowest BCUT2D eigenvalue weighted by atomic mass is 10.0. The summed E-state index contributed by atoms with van der Waals surface area (Å²) in [6.45, 7) is 4.49. The van der Waals surface area contributed by atoms with Gasteiger partial charge in [0, 0.05) is 4.70 Å². The van der Waals surface area contributed by atoms with Gasteiger partial charge in [0.05, 0.1) is 0 Å². The van der Waals surface area contributed by atoms with Crippen molar-refractivity contribution < 1.29 is 0 Å². The molecule has 1 heteroatoms. The highest BCUT2D eigenvalue weighted by molar-refractivity contribution is 7.17. The average molecular weight is 226 g/mol. The Labute approximate surface area is 99.9 Å². The van der Waals surface area contributed by atoms with Gasteiger partial charge in [-0.15, -0.1) is 11.3 Å². The highest BCUT2D eigenvalue weighted by Gasteiger charge is 2.10. The van der Waals surface area contributed by atoms with Crippen LogP contribution in [0, 0.1) is 0 Å². The SMILES string of the molecule is CC(C)c1cccc2c3sccc3cc-2c1. The molecular formula is C15H14S. The topological polar surface area (TPSA) is 0 Å². The summed E-state index contributed by atoms with van der Waals surface area (Å²) in [5.74, 6) is 0.587. The van der Waals surface area contributed by atoms with Gasteiger partial charge < -0.3 is 0 Å². The van der Waals surface area contributed by atoms with E-state index >= 15 is 0 Å². The van der Waals surface area contributed by atoms with Gasteiger partial charge in [-0.05, 0) is 45.5 Å². The molecule has 0 aromatic carbocycles. The van der Waals surface area contributed by atoms with Gasteiger partial charge in [-0.1, -0.05) is 38.1 Å². The van der Waals surface area contributed by atoms with E-state index in [0.717, 1.165) is 0 Å².